The molecule has 5 nitrogen and oxygen atoms in total. The highest BCUT2D eigenvalue weighted by Crippen LogP contribution is 2.23. The third kappa shape index (κ3) is 3.68. The van der Waals surface area contributed by atoms with Gasteiger partial charge in [0.15, 0.2) is 0 Å². The third-order valence-corrected chi connectivity index (χ3v) is 4.63. The Bertz CT molecular complexity index is 517. The Hall–Kier alpha value is -0.630. The molecule has 7 heteroatoms. The number of benzene rings is 1. The molecular formula is C11H17BrN2O3S. The van der Waals surface area contributed by atoms with Gasteiger partial charge in [0.05, 0.1) is 12.3 Å². The van der Waals surface area contributed by atoms with Crippen molar-refractivity contribution in [2.45, 2.75) is 24.8 Å². The molecule has 0 radical (unpaired) electrons. The van der Waals surface area contributed by atoms with E-state index in [1.54, 1.807) is 6.07 Å². The number of hydrogen-bond acceptors (Lipinski definition) is 4. The monoisotopic (exact) mass is 336 g/mol. The topological polar surface area (TPSA) is 92.4 Å². The van der Waals surface area contributed by atoms with Crippen molar-refractivity contribution in [2.24, 2.45) is 5.92 Å². The summed E-state index contributed by atoms with van der Waals surface area (Å²) in [6.07, 6.45) is 0. The number of nitrogens with two attached hydrogens (primary N) is 1. The second-order valence-corrected chi connectivity index (χ2v) is 6.93. The highest BCUT2D eigenvalue weighted by Gasteiger charge is 2.23. The number of aliphatic hydroxyl groups excluding tert-OH is 1. The van der Waals surface area contributed by atoms with Crippen molar-refractivity contribution in [1.29, 1.82) is 0 Å². The van der Waals surface area contributed by atoms with Crippen LogP contribution < -0.4 is 10.5 Å². The molecule has 102 valence electrons. The highest BCUT2D eigenvalue weighted by molar-refractivity contribution is 9.10. The summed E-state index contributed by atoms with van der Waals surface area (Å²) < 4.78 is 27.4. The normalized spacial score (nSPS) is 13.8. The predicted molar refractivity (Wildman–Crippen MR) is 74.6 cm³/mol. The molecule has 0 fully saturated rings. The Balaban J connectivity index is 3.06. The molecule has 0 aromatic heterocycles. The van der Waals surface area contributed by atoms with Crippen LogP contribution in [-0.4, -0.2) is 26.2 Å². The molecule has 0 saturated carbocycles. The minimum absolute atomic E-state index is 0.0125. The van der Waals surface area contributed by atoms with Crippen LogP contribution in [-0.2, 0) is 10.0 Å². The van der Waals surface area contributed by atoms with Crippen LogP contribution in [0.2, 0.25) is 0 Å². The molecule has 1 atom stereocenters. The van der Waals surface area contributed by atoms with Crippen molar-refractivity contribution in [1.82, 2.24) is 4.72 Å². The van der Waals surface area contributed by atoms with Crippen molar-refractivity contribution in [2.75, 3.05) is 12.3 Å². The SMILES string of the molecule is CC(C)C(CO)NS(=O)(=O)c1ccc(Br)cc1N. The Kier molecular flexibility index (Phi) is 5.15. The maximum absolute atomic E-state index is 12.1. The highest BCUT2D eigenvalue weighted by atomic mass is 79.9. The Morgan fingerprint density at radius 3 is 2.50 bits per heavy atom. The summed E-state index contributed by atoms with van der Waals surface area (Å²) in [5, 5.41) is 9.15. The zero-order valence-electron chi connectivity index (χ0n) is 10.2. The Labute approximate surface area is 116 Å². The van der Waals surface area contributed by atoms with Gasteiger partial charge in [-0.25, -0.2) is 13.1 Å². The number of halogens is 1. The first-order chi connectivity index (χ1) is 8.27. The lowest BCUT2D eigenvalue weighted by atomic mass is 10.1. The van der Waals surface area contributed by atoms with Crippen molar-refractivity contribution < 1.29 is 13.5 Å². The largest absolute Gasteiger partial charge is 0.398 e. The molecule has 4 N–H and O–H groups in total. The second kappa shape index (κ2) is 6.01. The average Bonchev–Trinajstić information content (AvgIpc) is 2.24. The molecule has 0 aliphatic heterocycles. The van der Waals surface area contributed by atoms with Gasteiger partial charge in [-0.15, -0.1) is 0 Å². The molecule has 0 saturated heterocycles. The van der Waals surface area contributed by atoms with Crippen LogP contribution in [0.15, 0.2) is 27.6 Å². The summed E-state index contributed by atoms with van der Waals surface area (Å²) in [5.41, 5.74) is 5.85. The molecule has 1 rings (SSSR count). The van der Waals surface area contributed by atoms with Gasteiger partial charge in [0.25, 0.3) is 0 Å². The van der Waals surface area contributed by atoms with Crippen molar-refractivity contribution in [3.8, 4) is 0 Å². The Morgan fingerprint density at radius 2 is 2.06 bits per heavy atom. The lowest BCUT2D eigenvalue weighted by molar-refractivity contribution is 0.227. The third-order valence-electron chi connectivity index (χ3n) is 2.57. The maximum Gasteiger partial charge on any atom is 0.242 e. The minimum atomic E-state index is -3.72. The molecule has 0 heterocycles. The molecule has 0 aliphatic carbocycles. The van der Waals surface area contributed by atoms with Gasteiger partial charge in [0, 0.05) is 10.5 Å². The fourth-order valence-electron chi connectivity index (χ4n) is 1.41. The van der Waals surface area contributed by atoms with Crippen molar-refractivity contribution in [3.05, 3.63) is 22.7 Å². The van der Waals surface area contributed by atoms with Crippen LogP contribution in [0.25, 0.3) is 0 Å². The summed E-state index contributed by atoms with van der Waals surface area (Å²) in [6.45, 7) is 3.40. The van der Waals surface area contributed by atoms with Crippen LogP contribution in [0.3, 0.4) is 0 Å². The van der Waals surface area contributed by atoms with Crippen LogP contribution in [0.4, 0.5) is 5.69 Å². The first-order valence-electron chi connectivity index (χ1n) is 5.46. The summed E-state index contributed by atoms with van der Waals surface area (Å²) in [7, 11) is -3.72. The number of rotatable bonds is 5. The molecule has 1 unspecified atom stereocenters. The molecule has 0 spiro atoms. The van der Waals surface area contributed by atoms with E-state index in [0.29, 0.717) is 4.47 Å². The second-order valence-electron chi connectivity index (χ2n) is 4.34. The zero-order chi connectivity index (χ0) is 13.9. The van der Waals surface area contributed by atoms with E-state index in [2.05, 4.69) is 20.7 Å². The van der Waals surface area contributed by atoms with Gasteiger partial charge in [-0.3, -0.25) is 0 Å². The maximum atomic E-state index is 12.1. The number of sulfonamides is 1. The van der Waals surface area contributed by atoms with Gasteiger partial charge in [-0.1, -0.05) is 29.8 Å². The van der Waals surface area contributed by atoms with Crippen LogP contribution in [0.1, 0.15) is 13.8 Å². The molecule has 0 aliphatic rings. The fraction of sp³-hybridized carbons (Fsp3) is 0.455. The Morgan fingerprint density at radius 1 is 1.44 bits per heavy atom. The molecule has 18 heavy (non-hydrogen) atoms. The van der Waals surface area contributed by atoms with Crippen molar-refractivity contribution >= 4 is 31.6 Å². The van der Waals surface area contributed by atoms with Crippen molar-refractivity contribution in [3.63, 3.8) is 0 Å². The van der Waals surface area contributed by atoms with E-state index in [1.807, 2.05) is 13.8 Å². The van der Waals surface area contributed by atoms with Gasteiger partial charge in [-0.2, -0.15) is 0 Å². The van der Waals surface area contributed by atoms with Crippen LogP contribution >= 0.6 is 15.9 Å². The molecule has 0 amide bonds. The van der Waals surface area contributed by atoms with E-state index in [9.17, 15) is 8.42 Å². The molecule has 0 bridgehead atoms. The smallest absolute Gasteiger partial charge is 0.242 e. The molecule has 1 aromatic carbocycles. The number of hydrogen-bond donors (Lipinski definition) is 3. The van der Waals surface area contributed by atoms with Crippen LogP contribution in [0, 0.1) is 5.92 Å². The summed E-state index contributed by atoms with van der Waals surface area (Å²) >= 11 is 3.22. The fourth-order valence-corrected chi connectivity index (χ4v) is 3.28. The van der Waals surface area contributed by atoms with Gasteiger partial charge in [-0.05, 0) is 24.1 Å². The summed E-state index contributed by atoms with van der Waals surface area (Å²) in [4.78, 5) is 0.0183. The van der Waals surface area contributed by atoms with E-state index in [-0.39, 0.29) is 23.1 Å². The van der Waals surface area contributed by atoms with Gasteiger partial charge in [0.1, 0.15) is 4.90 Å². The van der Waals surface area contributed by atoms with Gasteiger partial charge in [0.2, 0.25) is 10.0 Å². The standard InChI is InChI=1S/C11H17BrN2O3S/c1-7(2)10(6-15)14-18(16,17)11-4-3-8(12)5-9(11)13/h3-5,7,10,14-15H,6,13H2,1-2H3. The minimum Gasteiger partial charge on any atom is -0.398 e. The van der Waals surface area contributed by atoms with Gasteiger partial charge >= 0.3 is 0 Å². The quantitative estimate of drug-likeness (QED) is 0.707. The van der Waals surface area contributed by atoms with Gasteiger partial charge < -0.3 is 10.8 Å². The number of anilines is 1. The number of nitrogens with one attached hydrogen (secondary N) is 1. The van der Waals surface area contributed by atoms with E-state index in [1.165, 1.54) is 12.1 Å². The first-order valence-corrected chi connectivity index (χ1v) is 7.73. The zero-order valence-corrected chi connectivity index (χ0v) is 12.6. The first kappa shape index (κ1) is 15.4. The number of nitrogen functional groups attached to an aromatic ring is 1. The molecule has 1 aromatic rings. The van der Waals surface area contributed by atoms with E-state index in [0.717, 1.165) is 0 Å². The lowest BCUT2D eigenvalue weighted by Crippen LogP contribution is -2.41. The van der Waals surface area contributed by atoms with Crippen LogP contribution in [0.5, 0.6) is 0 Å². The predicted octanol–water partition coefficient (Wildman–Crippen LogP) is 1.33. The van der Waals surface area contributed by atoms with E-state index < -0.39 is 16.1 Å². The summed E-state index contributed by atoms with van der Waals surface area (Å²) in [6, 6.07) is 4.03. The number of aliphatic hydroxyl groups is 1. The van der Waals surface area contributed by atoms with E-state index in [4.69, 9.17) is 10.8 Å². The lowest BCUT2D eigenvalue weighted by Gasteiger charge is -2.20. The average molecular weight is 337 g/mol. The van der Waals surface area contributed by atoms with E-state index >= 15 is 0 Å². The molecular weight excluding hydrogens is 320 g/mol. The summed E-state index contributed by atoms with van der Waals surface area (Å²) in [5.74, 6) is -0.0125.